The molecule has 0 bridgehead atoms. The van der Waals surface area contributed by atoms with Crippen molar-refractivity contribution in [3.8, 4) is 0 Å². The molecule has 3 rings (SSSR count). The maximum Gasteiger partial charge on any atom is 0.237 e. The van der Waals surface area contributed by atoms with Gasteiger partial charge < -0.3 is 15.7 Å². The Bertz CT molecular complexity index is 914. The van der Waals surface area contributed by atoms with Gasteiger partial charge in [0.1, 0.15) is 0 Å². The third-order valence-electron chi connectivity index (χ3n) is 6.33. The number of carbonyl (C=O) groups is 2. The molecule has 0 aromatic heterocycles. The lowest BCUT2D eigenvalue weighted by atomic mass is 9.90. The quantitative estimate of drug-likeness (QED) is 0.562. The number of hydrogen-bond donors (Lipinski definition) is 3. The Morgan fingerprint density at radius 1 is 1.24 bits per heavy atom. The fraction of sp³-hybridized carbons (Fsp3) is 0.577. The molecule has 33 heavy (non-hydrogen) atoms. The van der Waals surface area contributed by atoms with Gasteiger partial charge in [-0.05, 0) is 41.9 Å². The Balaban J connectivity index is 1.66. The van der Waals surface area contributed by atoms with Gasteiger partial charge in [-0.25, -0.2) is 0 Å². The summed E-state index contributed by atoms with van der Waals surface area (Å²) in [6.07, 6.45) is 3.40. The average Bonchev–Trinajstić information content (AvgIpc) is 3.35. The van der Waals surface area contributed by atoms with Crippen molar-refractivity contribution in [1.82, 2.24) is 15.5 Å². The summed E-state index contributed by atoms with van der Waals surface area (Å²) >= 11 is 0. The minimum atomic E-state index is -0.599. The van der Waals surface area contributed by atoms with Crippen molar-refractivity contribution in [3.63, 3.8) is 0 Å². The van der Waals surface area contributed by atoms with Crippen LogP contribution in [0.3, 0.4) is 0 Å². The normalized spacial score (nSPS) is 22.0. The molecule has 2 aliphatic heterocycles. The summed E-state index contributed by atoms with van der Waals surface area (Å²) in [5.41, 5.74) is 4.16. The highest BCUT2D eigenvalue weighted by Gasteiger charge is 2.44. The fourth-order valence-electron chi connectivity index (χ4n) is 4.59. The van der Waals surface area contributed by atoms with E-state index in [-0.39, 0.29) is 23.4 Å². The van der Waals surface area contributed by atoms with Crippen molar-refractivity contribution >= 4 is 23.6 Å². The Kier molecular flexibility index (Phi) is 8.08. The molecule has 0 saturated carbocycles. The van der Waals surface area contributed by atoms with Gasteiger partial charge in [0.05, 0.1) is 18.3 Å². The molecule has 1 aromatic rings. The molecule has 1 fully saturated rings. The highest BCUT2D eigenvalue weighted by atomic mass is 16.3. The molecule has 0 spiro atoms. The van der Waals surface area contributed by atoms with E-state index in [2.05, 4.69) is 27.8 Å². The number of aliphatic hydroxyl groups excluding tert-OH is 1. The average molecular weight is 455 g/mol. The maximum absolute atomic E-state index is 13.1. The number of aliphatic hydroxyl groups is 1. The number of amides is 2. The molecule has 3 atom stereocenters. The number of β-amino-alcohol motifs (C(OH)–C–C–N with tert-alkyl or cyclic N) is 1. The number of nitrogens with zero attached hydrogens (tertiary/aromatic N) is 2. The van der Waals surface area contributed by atoms with Crippen LogP contribution in [0.1, 0.15) is 71.4 Å². The van der Waals surface area contributed by atoms with E-state index in [4.69, 9.17) is 0 Å². The van der Waals surface area contributed by atoms with E-state index in [1.54, 1.807) is 0 Å². The Morgan fingerprint density at radius 3 is 2.52 bits per heavy atom. The van der Waals surface area contributed by atoms with Crippen molar-refractivity contribution < 1.29 is 14.7 Å². The molecule has 3 N–H and O–H groups in total. The van der Waals surface area contributed by atoms with Gasteiger partial charge in [0.25, 0.3) is 0 Å². The monoisotopic (exact) mass is 454 g/mol. The highest BCUT2D eigenvalue weighted by Crippen LogP contribution is 2.30. The van der Waals surface area contributed by atoms with Gasteiger partial charge in [0.15, 0.2) is 0 Å². The molecule has 7 heteroatoms. The second kappa shape index (κ2) is 10.6. The summed E-state index contributed by atoms with van der Waals surface area (Å²) in [7, 11) is 0. The number of hydrogen-bond acceptors (Lipinski definition) is 5. The van der Waals surface area contributed by atoms with E-state index < -0.39 is 12.1 Å². The van der Waals surface area contributed by atoms with Crippen LogP contribution in [-0.2, 0) is 16.1 Å². The van der Waals surface area contributed by atoms with Crippen molar-refractivity contribution in [2.24, 2.45) is 10.4 Å². The molecule has 2 amide bonds. The molecule has 0 aliphatic carbocycles. The molecule has 2 unspecified atom stereocenters. The number of likely N-dealkylation sites (tertiary alicyclic amines) is 1. The molecule has 2 heterocycles. The second-order valence-corrected chi connectivity index (χ2v) is 10.2. The Hall–Kier alpha value is -2.51. The minimum Gasteiger partial charge on any atom is -0.392 e. The Morgan fingerprint density at radius 2 is 1.94 bits per heavy atom. The van der Waals surface area contributed by atoms with Crippen molar-refractivity contribution in [2.45, 2.75) is 85.2 Å². The predicted molar refractivity (Wildman–Crippen MR) is 131 cm³/mol. The summed E-state index contributed by atoms with van der Waals surface area (Å²) in [6.45, 7) is 10.9. The summed E-state index contributed by atoms with van der Waals surface area (Å²) in [4.78, 5) is 31.8. The van der Waals surface area contributed by atoms with Crippen LogP contribution in [0.2, 0.25) is 0 Å². The largest absolute Gasteiger partial charge is 0.392 e. The van der Waals surface area contributed by atoms with Gasteiger partial charge in [-0.3, -0.25) is 19.5 Å². The van der Waals surface area contributed by atoms with E-state index in [0.717, 1.165) is 29.7 Å². The first-order valence-corrected chi connectivity index (χ1v) is 11.9. The summed E-state index contributed by atoms with van der Waals surface area (Å²) in [5, 5.41) is 16.5. The Labute approximate surface area is 197 Å². The van der Waals surface area contributed by atoms with E-state index >= 15 is 0 Å². The molecule has 180 valence electrons. The number of allylic oxidation sites excluding steroid dienone is 2. The molecule has 0 radical (unpaired) electrons. The van der Waals surface area contributed by atoms with Crippen LogP contribution in [-0.4, -0.2) is 52.9 Å². The van der Waals surface area contributed by atoms with E-state index in [0.29, 0.717) is 25.9 Å². The number of carbonyl (C=O) groups excluding carboxylic acids is 2. The molecule has 7 nitrogen and oxygen atoms in total. The van der Waals surface area contributed by atoms with Crippen LogP contribution < -0.4 is 10.6 Å². The van der Waals surface area contributed by atoms with Crippen molar-refractivity contribution in [1.29, 1.82) is 0 Å². The van der Waals surface area contributed by atoms with Crippen molar-refractivity contribution in [2.75, 3.05) is 6.54 Å². The lowest BCUT2D eigenvalue weighted by Crippen LogP contribution is -2.59. The maximum atomic E-state index is 13.1. The van der Waals surface area contributed by atoms with Gasteiger partial charge in [-0.2, -0.15) is 0 Å². The van der Waals surface area contributed by atoms with Crippen LogP contribution >= 0.6 is 0 Å². The third kappa shape index (κ3) is 6.30. The zero-order chi connectivity index (χ0) is 24.2. The number of nitrogens with one attached hydrogen (secondary N) is 2. The number of rotatable bonds is 8. The van der Waals surface area contributed by atoms with Crippen LogP contribution in [0, 0.1) is 5.41 Å². The molecular weight excluding hydrogens is 416 g/mol. The fourth-order valence-corrected chi connectivity index (χ4v) is 4.59. The molecular formula is C26H38N4O3. The summed E-state index contributed by atoms with van der Waals surface area (Å²) in [6, 6.07) is 7.70. The third-order valence-corrected chi connectivity index (χ3v) is 6.33. The second-order valence-electron chi connectivity index (χ2n) is 10.2. The van der Waals surface area contributed by atoms with Gasteiger partial charge in [0, 0.05) is 37.8 Å². The number of benzene rings is 1. The molecule has 2 aliphatic rings. The highest BCUT2D eigenvalue weighted by molar-refractivity contribution is 5.86. The first kappa shape index (κ1) is 25.1. The van der Waals surface area contributed by atoms with Gasteiger partial charge in [-0.15, -0.1) is 0 Å². The van der Waals surface area contributed by atoms with E-state index in [1.807, 2.05) is 57.9 Å². The minimum absolute atomic E-state index is 0.0314. The van der Waals surface area contributed by atoms with Gasteiger partial charge in [-0.1, -0.05) is 52.0 Å². The first-order chi connectivity index (χ1) is 15.6. The lowest BCUT2D eigenvalue weighted by molar-refractivity contribution is -0.131. The van der Waals surface area contributed by atoms with Gasteiger partial charge in [0.2, 0.25) is 11.8 Å². The van der Waals surface area contributed by atoms with Crippen molar-refractivity contribution in [3.05, 3.63) is 41.1 Å². The van der Waals surface area contributed by atoms with Crippen LogP contribution in [0.4, 0.5) is 0 Å². The summed E-state index contributed by atoms with van der Waals surface area (Å²) < 4.78 is 0. The summed E-state index contributed by atoms with van der Waals surface area (Å²) in [5.74, 6) is -0.159. The predicted octanol–water partition coefficient (Wildman–Crippen LogP) is 3.23. The smallest absolute Gasteiger partial charge is 0.237 e. The zero-order valence-electron chi connectivity index (χ0n) is 20.5. The standard InChI is InChI=1S/C26H38N4O3/c1-6-7-23(32)29-25(26(3,4)5)30-16-20(31)14-22(30)24(33)28-15-18-8-10-19(11-9-18)21-12-13-27-17(21)2/h8-11,13,20,22,25,31H,6-7,12,14-16H2,1-5H3,(H,28,33)(H,29,32)/t20?,22-,25?/m1/s1. The van der Waals surface area contributed by atoms with Gasteiger partial charge >= 0.3 is 0 Å². The molecule has 1 aromatic carbocycles. The van der Waals surface area contributed by atoms with E-state index in [1.165, 1.54) is 5.57 Å². The topological polar surface area (TPSA) is 94.0 Å². The van der Waals surface area contributed by atoms with Crippen LogP contribution in [0.25, 0.3) is 5.57 Å². The molecule has 1 saturated heterocycles. The zero-order valence-corrected chi connectivity index (χ0v) is 20.5. The SMILES string of the molecule is CCCC(=O)NC(N1CC(O)C[C@@H]1C(=O)NCc1ccc(C2=C(C)N=CC2)cc1)C(C)(C)C. The van der Waals surface area contributed by atoms with Crippen LogP contribution in [0.15, 0.2) is 35.0 Å². The van der Waals surface area contributed by atoms with E-state index in [9.17, 15) is 14.7 Å². The van der Waals surface area contributed by atoms with Crippen LogP contribution in [0.5, 0.6) is 0 Å². The first-order valence-electron chi connectivity index (χ1n) is 11.9. The number of aliphatic imine (C=N–C) groups is 1. The lowest BCUT2D eigenvalue weighted by Gasteiger charge is -2.41.